The van der Waals surface area contributed by atoms with Gasteiger partial charge in [0.15, 0.2) is 0 Å². The highest BCUT2D eigenvalue weighted by Crippen LogP contribution is 2.28. The SMILES string of the molecule is CC(N)c1nc(C(=O)N2CCCCc3ccccc32)cs1. The summed E-state index contributed by atoms with van der Waals surface area (Å²) in [4.78, 5) is 19.0. The van der Waals surface area contributed by atoms with E-state index >= 15 is 0 Å². The third-order valence-corrected chi connectivity index (χ3v) is 4.78. The number of aryl methyl sites for hydroxylation is 1. The van der Waals surface area contributed by atoms with Gasteiger partial charge in [-0.25, -0.2) is 4.98 Å². The lowest BCUT2D eigenvalue weighted by Crippen LogP contribution is -2.32. The molecule has 0 bridgehead atoms. The molecular formula is C16H19N3OS. The van der Waals surface area contributed by atoms with Crippen molar-refractivity contribution in [1.82, 2.24) is 4.98 Å². The minimum absolute atomic E-state index is 0.0208. The predicted molar refractivity (Wildman–Crippen MR) is 85.8 cm³/mol. The maximum Gasteiger partial charge on any atom is 0.277 e. The van der Waals surface area contributed by atoms with Crippen molar-refractivity contribution in [3.05, 3.63) is 45.9 Å². The Morgan fingerprint density at radius 3 is 2.95 bits per heavy atom. The number of hydrogen-bond donors (Lipinski definition) is 1. The van der Waals surface area contributed by atoms with Crippen LogP contribution >= 0.6 is 11.3 Å². The molecule has 1 amide bonds. The highest BCUT2D eigenvalue weighted by atomic mass is 32.1. The van der Waals surface area contributed by atoms with Crippen LogP contribution < -0.4 is 10.6 Å². The summed E-state index contributed by atoms with van der Waals surface area (Å²) in [6, 6.07) is 8.02. The lowest BCUT2D eigenvalue weighted by Gasteiger charge is -2.21. The highest BCUT2D eigenvalue weighted by molar-refractivity contribution is 7.09. The van der Waals surface area contributed by atoms with Crippen LogP contribution in [-0.2, 0) is 6.42 Å². The molecule has 1 atom stereocenters. The van der Waals surface area contributed by atoms with E-state index in [9.17, 15) is 4.79 Å². The van der Waals surface area contributed by atoms with Crippen molar-refractivity contribution in [2.24, 2.45) is 5.73 Å². The van der Waals surface area contributed by atoms with E-state index in [1.165, 1.54) is 16.9 Å². The molecule has 1 aliphatic heterocycles. The normalized spacial score (nSPS) is 16.2. The van der Waals surface area contributed by atoms with Crippen LogP contribution in [0.25, 0.3) is 0 Å². The number of para-hydroxylation sites is 1. The number of carbonyl (C=O) groups excluding carboxylic acids is 1. The van der Waals surface area contributed by atoms with Gasteiger partial charge >= 0.3 is 0 Å². The van der Waals surface area contributed by atoms with Gasteiger partial charge in [0.25, 0.3) is 5.91 Å². The van der Waals surface area contributed by atoms with Crippen LogP contribution in [0.3, 0.4) is 0 Å². The lowest BCUT2D eigenvalue weighted by atomic mass is 10.1. The van der Waals surface area contributed by atoms with E-state index in [0.717, 1.165) is 36.5 Å². The largest absolute Gasteiger partial charge is 0.322 e. The zero-order valence-electron chi connectivity index (χ0n) is 12.1. The maximum atomic E-state index is 12.8. The number of benzene rings is 1. The molecule has 0 aliphatic carbocycles. The summed E-state index contributed by atoms with van der Waals surface area (Å²) < 4.78 is 0. The summed E-state index contributed by atoms with van der Waals surface area (Å²) in [7, 11) is 0. The van der Waals surface area contributed by atoms with Crippen molar-refractivity contribution in [2.45, 2.75) is 32.2 Å². The second-order valence-corrected chi connectivity index (χ2v) is 6.29. The van der Waals surface area contributed by atoms with Crippen LogP contribution in [0.15, 0.2) is 29.6 Å². The number of thiazole rings is 1. The molecule has 110 valence electrons. The van der Waals surface area contributed by atoms with Gasteiger partial charge in [-0.1, -0.05) is 18.2 Å². The van der Waals surface area contributed by atoms with E-state index in [1.807, 2.05) is 35.4 Å². The molecule has 1 aromatic carbocycles. The van der Waals surface area contributed by atoms with Gasteiger partial charge in [-0.3, -0.25) is 4.79 Å². The van der Waals surface area contributed by atoms with Gasteiger partial charge in [0.05, 0.1) is 6.04 Å². The monoisotopic (exact) mass is 301 g/mol. The molecular weight excluding hydrogens is 282 g/mol. The summed E-state index contributed by atoms with van der Waals surface area (Å²) in [5, 5.41) is 2.62. The first-order valence-electron chi connectivity index (χ1n) is 7.27. The highest BCUT2D eigenvalue weighted by Gasteiger charge is 2.24. The van der Waals surface area contributed by atoms with Gasteiger partial charge in [0.1, 0.15) is 10.7 Å². The Morgan fingerprint density at radius 1 is 1.38 bits per heavy atom. The van der Waals surface area contributed by atoms with E-state index in [-0.39, 0.29) is 11.9 Å². The number of aromatic nitrogens is 1. The molecule has 2 aromatic rings. The molecule has 1 aliphatic rings. The number of nitrogens with two attached hydrogens (primary N) is 1. The molecule has 2 heterocycles. The summed E-state index contributed by atoms with van der Waals surface area (Å²) in [5.41, 5.74) is 8.60. The van der Waals surface area contributed by atoms with Crippen LogP contribution in [-0.4, -0.2) is 17.4 Å². The smallest absolute Gasteiger partial charge is 0.277 e. The van der Waals surface area contributed by atoms with Gasteiger partial charge in [-0.2, -0.15) is 0 Å². The first-order chi connectivity index (χ1) is 10.2. The summed E-state index contributed by atoms with van der Waals surface area (Å²) in [6.07, 6.45) is 3.16. The molecule has 0 saturated carbocycles. The topological polar surface area (TPSA) is 59.2 Å². The van der Waals surface area contributed by atoms with E-state index < -0.39 is 0 Å². The Bertz CT molecular complexity index is 650. The van der Waals surface area contributed by atoms with Crippen LogP contribution in [0.1, 0.15) is 46.9 Å². The maximum absolute atomic E-state index is 12.8. The average Bonchev–Trinajstić information content (AvgIpc) is 2.88. The molecule has 5 heteroatoms. The third kappa shape index (κ3) is 2.84. The van der Waals surface area contributed by atoms with E-state index in [4.69, 9.17) is 5.73 Å². The van der Waals surface area contributed by atoms with Crippen molar-refractivity contribution in [2.75, 3.05) is 11.4 Å². The Hall–Kier alpha value is -1.72. The van der Waals surface area contributed by atoms with E-state index in [2.05, 4.69) is 11.1 Å². The van der Waals surface area contributed by atoms with Gasteiger partial charge < -0.3 is 10.6 Å². The fourth-order valence-electron chi connectivity index (χ4n) is 2.64. The molecule has 3 rings (SSSR count). The fourth-order valence-corrected chi connectivity index (χ4v) is 3.39. The number of carbonyl (C=O) groups is 1. The quantitative estimate of drug-likeness (QED) is 0.927. The zero-order valence-corrected chi connectivity index (χ0v) is 12.9. The van der Waals surface area contributed by atoms with Crippen LogP contribution in [0.2, 0.25) is 0 Å². The van der Waals surface area contributed by atoms with E-state index in [0.29, 0.717) is 5.69 Å². The fraction of sp³-hybridized carbons (Fsp3) is 0.375. The minimum Gasteiger partial charge on any atom is -0.322 e. The molecule has 0 spiro atoms. The van der Waals surface area contributed by atoms with Gasteiger partial charge in [-0.05, 0) is 37.8 Å². The van der Waals surface area contributed by atoms with Gasteiger partial charge in [0.2, 0.25) is 0 Å². The molecule has 0 radical (unpaired) electrons. The van der Waals surface area contributed by atoms with Gasteiger partial charge in [0, 0.05) is 17.6 Å². The number of fused-ring (bicyclic) bond motifs is 1. The number of amides is 1. The second kappa shape index (κ2) is 5.95. The van der Waals surface area contributed by atoms with Crippen molar-refractivity contribution >= 4 is 22.9 Å². The van der Waals surface area contributed by atoms with Crippen molar-refractivity contribution in [1.29, 1.82) is 0 Å². The van der Waals surface area contributed by atoms with E-state index in [1.54, 1.807) is 0 Å². The molecule has 1 aromatic heterocycles. The number of anilines is 1. The molecule has 2 N–H and O–H groups in total. The predicted octanol–water partition coefficient (Wildman–Crippen LogP) is 3.15. The first kappa shape index (κ1) is 14.2. The van der Waals surface area contributed by atoms with Crippen LogP contribution in [0.4, 0.5) is 5.69 Å². The first-order valence-corrected chi connectivity index (χ1v) is 8.15. The Balaban J connectivity index is 1.93. The molecule has 4 nitrogen and oxygen atoms in total. The lowest BCUT2D eigenvalue weighted by molar-refractivity contribution is 0.0982. The number of rotatable bonds is 2. The average molecular weight is 301 g/mol. The van der Waals surface area contributed by atoms with Crippen molar-refractivity contribution in [3.8, 4) is 0 Å². The minimum atomic E-state index is -0.132. The summed E-state index contributed by atoms with van der Waals surface area (Å²) in [6.45, 7) is 2.63. The number of hydrogen-bond acceptors (Lipinski definition) is 4. The summed E-state index contributed by atoms with van der Waals surface area (Å²) in [5.74, 6) is -0.0208. The standard InChI is InChI=1S/C16H19N3OS/c1-11(17)15-18-13(10-21-15)16(20)19-9-5-4-7-12-6-2-3-8-14(12)19/h2-3,6,8,10-11H,4-5,7,9,17H2,1H3. The van der Waals surface area contributed by atoms with Crippen LogP contribution in [0, 0.1) is 0 Å². The summed E-state index contributed by atoms with van der Waals surface area (Å²) >= 11 is 1.45. The van der Waals surface area contributed by atoms with Crippen molar-refractivity contribution in [3.63, 3.8) is 0 Å². The Morgan fingerprint density at radius 2 is 2.19 bits per heavy atom. The molecule has 21 heavy (non-hydrogen) atoms. The Labute approximate surface area is 128 Å². The molecule has 0 fully saturated rings. The van der Waals surface area contributed by atoms with Crippen molar-refractivity contribution < 1.29 is 4.79 Å². The number of nitrogens with zero attached hydrogens (tertiary/aromatic N) is 2. The molecule has 1 unspecified atom stereocenters. The molecule has 0 saturated heterocycles. The third-order valence-electron chi connectivity index (χ3n) is 3.74. The van der Waals surface area contributed by atoms with Gasteiger partial charge in [-0.15, -0.1) is 11.3 Å². The second-order valence-electron chi connectivity index (χ2n) is 5.40. The van der Waals surface area contributed by atoms with Crippen LogP contribution in [0.5, 0.6) is 0 Å². The zero-order chi connectivity index (χ0) is 14.8. The Kier molecular flexibility index (Phi) is 4.03.